The van der Waals surface area contributed by atoms with Crippen LogP contribution >= 0.6 is 12.2 Å². The molecule has 3 aromatic rings. The summed E-state index contributed by atoms with van der Waals surface area (Å²) in [7, 11) is 0. The molecule has 0 spiro atoms. The van der Waals surface area contributed by atoms with E-state index in [0.29, 0.717) is 10.6 Å². The largest absolute Gasteiger partial charge is 0.465 e. The van der Waals surface area contributed by atoms with Crippen molar-refractivity contribution in [1.82, 2.24) is 19.9 Å². The van der Waals surface area contributed by atoms with Gasteiger partial charge in [0.05, 0.1) is 6.26 Å². The van der Waals surface area contributed by atoms with E-state index < -0.39 is 0 Å². The number of allylic oxidation sites excluding steroid dienone is 1. The summed E-state index contributed by atoms with van der Waals surface area (Å²) in [5.74, 6) is 1.36. The molecule has 3 heterocycles. The molecule has 104 valence electrons. The van der Waals surface area contributed by atoms with E-state index in [9.17, 15) is 0 Å². The van der Waals surface area contributed by atoms with Gasteiger partial charge in [0.15, 0.2) is 5.82 Å². The van der Waals surface area contributed by atoms with Gasteiger partial charge in [-0.1, -0.05) is 0 Å². The van der Waals surface area contributed by atoms with Crippen molar-refractivity contribution in [1.29, 1.82) is 0 Å². The lowest BCUT2D eigenvalue weighted by molar-refractivity contribution is 0.557. The molecule has 0 saturated carbocycles. The van der Waals surface area contributed by atoms with Gasteiger partial charge in [0.2, 0.25) is 4.77 Å². The third-order valence-corrected chi connectivity index (χ3v) is 2.91. The molecule has 0 aliphatic carbocycles. The molecule has 0 radical (unpaired) electrons. The molecule has 0 aromatic carbocycles. The molecule has 0 fully saturated rings. The van der Waals surface area contributed by atoms with E-state index in [1.165, 1.54) is 0 Å². The van der Waals surface area contributed by atoms with Crippen molar-refractivity contribution in [2.24, 2.45) is 5.10 Å². The molecule has 0 atom stereocenters. The fraction of sp³-hybridized carbons (Fsp3) is 0. The minimum Gasteiger partial charge on any atom is -0.465 e. The molecular formula is C14H11N5OS. The Bertz CT molecular complexity index is 815. The van der Waals surface area contributed by atoms with Crippen LogP contribution in [-0.2, 0) is 0 Å². The molecule has 6 nitrogen and oxygen atoms in total. The van der Waals surface area contributed by atoms with Crippen LogP contribution in [0.15, 0.2) is 58.5 Å². The van der Waals surface area contributed by atoms with Gasteiger partial charge < -0.3 is 4.42 Å². The molecule has 0 bridgehead atoms. The number of aromatic amines is 1. The van der Waals surface area contributed by atoms with Gasteiger partial charge in [0.1, 0.15) is 5.76 Å². The molecule has 0 unspecified atom stereocenters. The van der Waals surface area contributed by atoms with Crippen molar-refractivity contribution in [2.45, 2.75) is 0 Å². The van der Waals surface area contributed by atoms with E-state index in [1.54, 1.807) is 41.7 Å². The first-order valence-electron chi connectivity index (χ1n) is 6.17. The topological polar surface area (TPSA) is 72.0 Å². The molecule has 0 aliphatic heterocycles. The number of pyridine rings is 1. The Hall–Kier alpha value is -2.80. The summed E-state index contributed by atoms with van der Waals surface area (Å²) in [6.45, 7) is 0. The van der Waals surface area contributed by atoms with Crippen LogP contribution in [0.1, 0.15) is 5.76 Å². The maximum Gasteiger partial charge on any atom is 0.216 e. The van der Waals surface area contributed by atoms with E-state index >= 15 is 0 Å². The molecular weight excluding hydrogens is 286 g/mol. The quantitative estimate of drug-likeness (QED) is 0.593. The molecule has 3 aromatic heterocycles. The Labute approximate surface area is 125 Å². The van der Waals surface area contributed by atoms with Gasteiger partial charge in [-0.05, 0) is 48.6 Å². The van der Waals surface area contributed by atoms with Crippen molar-refractivity contribution in [2.75, 3.05) is 0 Å². The van der Waals surface area contributed by atoms with Crippen LogP contribution in [0.5, 0.6) is 0 Å². The lowest BCUT2D eigenvalue weighted by Crippen LogP contribution is -1.93. The molecule has 0 saturated heterocycles. The van der Waals surface area contributed by atoms with Crippen LogP contribution < -0.4 is 0 Å². The lowest BCUT2D eigenvalue weighted by atomic mass is 10.3. The predicted octanol–water partition coefficient (Wildman–Crippen LogP) is 3.14. The summed E-state index contributed by atoms with van der Waals surface area (Å²) in [6, 6.07) is 7.40. The Balaban J connectivity index is 1.86. The number of nitrogens with one attached hydrogen (secondary N) is 1. The number of hydrogen-bond donors (Lipinski definition) is 1. The van der Waals surface area contributed by atoms with Crippen LogP contribution in [-0.4, -0.2) is 26.1 Å². The zero-order valence-electron chi connectivity index (χ0n) is 10.9. The first-order chi connectivity index (χ1) is 10.3. The van der Waals surface area contributed by atoms with Crippen LogP contribution in [0.3, 0.4) is 0 Å². The monoisotopic (exact) mass is 297 g/mol. The van der Waals surface area contributed by atoms with Gasteiger partial charge in [-0.15, -0.1) is 0 Å². The van der Waals surface area contributed by atoms with E-state index in [1.807, 2.05) is 24.3 Å². The van der Waals surface area contributed by atoms with Crippen molar-refractivity contribution in [3.8, 4) is 11.4 Å². The number of furan rings is 1. The molecule has 0 aliphatic rings. The van der Waals surface area contributed by atoms with Gasteiger partial charge in [-0.2, -0.15) is 14.9 Å². The fourth-order valence-electron chi connectivity index (χ4n) is 1.71. The van der Waals surface area contributed by atoms with Crippen molar-refractivity contribution >= 4 is 24.5 Å². The summed E-state index contributed by atoms with van der Waals surface area (Å²) in [5.41, 5.74) is 0.831. The zero-order chi connectivity index (χ0) is 14.5. The van der Waals surface area contributed by atoms with Gasteiger partial charge in [0.25, 0.3) is 0 Å². The smallest absolute Gasteiger partial charge is 0.216 e. The van der Waals surface area contributed by atoms with E-state index in [0.717, 1.165) is 11.3 Å². The first kappa shape index (κ1) is 13.2. The van der Waals surface area contributed by atoms with Crippen LogP contribution in [0.2, 0.25) is 0 Å². The maximum absolute atomic E-state index is 5.18. The SMILES string of the molecule is S=c1[nH]nc(-c2cccnc2)n1N=CC=Cc1ccco1. The Kier molecular flexibility index (Phi) is 3.83. The normalized spacial score (nSPS) is 11.6. The van der Waals surface area contributed by atoms with E-state index in [4.69, 9.17) is 16.6 Å². The molecule has 0 amide bonds. The summed E-state index contributed by atoms with van der Waals surface area (Å²) >= 11 is 5.17. The van der Waals surface area contributed by atoms with E-state index in [2.05, 4.69) is 20.3 Å². The van der Waals surface area contributed by atoms with Crippen molar-refractivity contribution in [3.63, 3.8) is 0 Å². The second-order valence-corrected chi connectivity index (χ2v) is 4.43. The standard InChI is InChI=1S/C14H11N5OS/c21-14-18-17-13(11-4-1-7-15-10-11)19(14)16-8-2-5-12-6-3-9-20-12/h1-10H,(H,18,21). The maximum atomic E-state index is 5.18. The third kappa shape index (κ3) is 3.03. The zero-order valence-corrected chi connectivity index (χ0v) is 11.7. The molecule has 7 heteroatoms. The number of rotatable bonds is 4. The fourth-order valence-corrected chi connectivity index (χ4v) is 1.89. The Morgan fingerprint density at radius 2 is 2.29 bits per heavy atom. The Morgan fingerprint density at radius 1 is 1.33 bits per heavy atom. The summed E-state index contributed by atoms with van der Waals surface area (Å²) in [6.07, 6.45) is 10.2. The minimum absolute atomic E-state index is 0.413. The highest BCUT2D eigenvalue weighted by Gasteiger charge is 2.07. The van der Waals surface area contributed by atoms with Crippen LogP contribution in [0.4, 0.5) is 0 Å². The van der Waals surface area contributed by atoms with Gasteiger partial charge in [-0.25, -0.2) is 5.10 Å². The number of aromatic nitrogens is 4. The average Bonchev–Trinajstić information content (AvgIpc) is 3.15. The highest BCUT2D eigenvalue weighted by molar-refractivity contribution is 7.71. The van der Waals surface area contributed by atoms with Crippen LogP contribution in [0.25, 0.3) is 17.5 Å². The van der Waals surface area contributed by atoms with Gasteiger partial charge in [-0.3, -0.25) is 4.98 Å². The summed E-state index contributed by atoms with van der Waals surface area (Å²) in [4.78, 5) is 4.06. The summed E-state index contributed by atoms with van der Waals surface area (Å²) < 4.78 is 7.14. The third-order valence-electron chi connectivity index (χ3n) is 2.64. The Morgan fingerprint density at radius 3 is 3.05 bits per heavy atom. The number of H-pyrrole nitrogens is 1. The minimum atomic E-state index is 0.413. The highest BCUT2D eigenvalue weighted by atomic mass is 32.1. The van der Waals surface area contributed by atoms with Gasteiger partial charge in [0, 0.05) is 24.2 Å². The van der Waals surface area contributed by atoms with Gasteiger partial charge >= 0.3 is 0 Å². The molecule has 21 heavy (non-hydrogen) atoms. The first-order valence-corrected chi connectivity index (χ1v) is 6.58. The predicted molar refractivity (Wildman–Crippen MR) is 82.3 cm³/mol. The van der Waals surface area contributed by atoms with E-state index in [-0.39, 0.29) is 0 Å². The average molecular weight is 297 g/mol. The van der Waals surface area contributed by atoms with Crippen LogP contribution in [0, 0.1) is 4.77 Å². The van der Waals surface area contributed by atoms with Crippen molar-refractivity contribution < 1.29 is 4.42 Å². The highest BCUT2D eigenvalue weighted by Crippen LogP contribution is 2.15. The molecule has 3 rings (SSSR count). The number of hydrogen-bond acceptors (Lipinski definition) is 5. The molecule has 1 N–H and O–H groups in total. The lowest BCUT2D eigenvalue weighted by Gasteiger charge is -1.98. The second-order valence-electron chi connectivity index (χ2n) is 4.04. The number of nitrogens with zero attached hydrogens (tertiary/aromatic N) is 4. The summed E-state index contributed by atoms with van der Waals surface area (Å²) in [5, 5.41) is 11.2. The van der Waals surface area contributed by atoms with Crippen molar-refractivity contribution in [3.05, 3.63) is 59.5 Å². The second kappa shape index (κ2) is 6.10.